The second kappa shape index (κ2) is 51.2. The molecule has 4 nitrogen and oxygen atoms in total. The van der Waals surface area contributed by atoms with Crippen molar-refractivity contribution in [2.45, 2.75) is 270 Å². The number of hydrogen-bond donors (Lipinski definition) is 3. The van der Waals surface area contributed by atoms with Gasteiger partial charge in [-0.3, -0.25) is 4.79 Å². The fraction of sp³-hybridized carbons (Fsp3) is 0.768. The first-order valence-electron chi connectivity index (χ1n) is 26.2. The Morgan fingerprint density at radius 3 is 1.17 bits per heavy atom. The summed E-state index contributed by atoms with van der Waals surface area (Å²) < 4.78 is 0. The summed E-state index contributed by atoms with van der Waals surface area (Å²) in [6.45, 7) is 4.19. The molecule has 0 heterocycles. The molecule has 0 aromatic rings. The minimum absolute atomic E-state index is 0.0729. The Morgan fingerprint density at radius 2 is 0.750 bits per heavy atom. The quantitative estimate of drug-likeness (QED) is 0.0422. The van der Waals surface area contributed by atoms with Gasteiger partial charge in [0.2, 0.25) is 5.91 Å². The Kier molecular flexibility index (Phi) is 49.3. The van der Waals surface area contributed by atoms with E-state index in [4.69, 9.17) is 0 Å². The molecule has 2 atom stereocenters. The average Bonchev–Trinajstić information content (AvgIpc) is 3.25. The van der Waals surface area contributed by atoms with Gasteiger partial charge < -0.3 is 15.5 Å². The van der Waals surface area contributed by atoms with Gasteiger partial charge in [0.05, 0.1) is 18.8 Å². The molecule has 2 unspecified atom stereocenters. The Hall–Kier alpha value is -2.17. The first-order valence-corrected chi connectivity index (χ1v) is 26.2. The third-order valence-electron chi connectivity index (χ3n) is 11.7. The van der Waals surface area contributed by atoms with E-state index in [1.54, 1.807) is 6.08 Å². The van der Waals surface area contributed by atoms with E-state index < -0.39 is 12.1 Å². The van der Waals surface area contributed by atoms with Crippen LogP contribution >= 0.6 is 0 Å². The van der Waals surface area contributed by atoms with Gasteiger partial charge in [-0.2, -0.15) is 0 Å². The fourth-order valence-electron chi connectivity index (χ4n) is 7.72. The Morgan fingerprint density at radius 1 is 0.417 bits per heavy atom. The van der Waals surface area contributed by atoms with Crippen molar-refractivity contribution >= 4 is 5.91 Å². The number of hydrogen-bond acceptors (Lipinski definition) is 3. The normalized spacial score (nSPS) is 13.5. The van der Waals surface area contributed by atoms with Gasteiger partial charge in [0, 0.05) is 6.42 Å². The molecule has 0 aromatic heterocycles. The lowest BCUT2D eigenvalue weighted by molar-refractivity contribution is -0.123. The van der Waals surface area contributed by atoms with Gasteiger partial charge in [0.25, 0.3) is 0 Å². The SMILES string of the molecule is CC/C=C\C/C=C\C/C=C\C/C=C\CCCCCCCCCCCCCCCCCCCCCCC(=O)NC(CO)C(O)/C=C/CC/C=C/CCCCCCCCCCC. The smallest absolute Gasteiger partial charge is 0.220 e. The molecule has 0 radical (unpaired) electrons. The molecule has 3 N–H and O–H groups in total. The third-order valence-corrected chi connectivity index (χ3v) is 11.7. The van der Waals surface area contributed by atoms with Crippen LogP contribution in [0.1, 0.15) is 258 Å². The van der Waals surface area contributed by atoms with Crippen LogP contribution in [0.3, 0.4) is 0 Å². The predicted octanol–water partition coefficient (Wildman–Crippen LogP) is 17.0. The van der Waals surface area contributed by atoms with Crippen molar-refractivity contribution in [3.63, 3.8) is 0 Å². The molecule has 4 heteroatoms. The number of carbonyl (C=O) groups excluding carboxylic acids is 1. The molecule has 0 aliphatic rings. The monoisotopic (exact) mass is 836 g/mol. The first-order chi connectivity index (χ1) is 29.7. The number of aliphatic hydroxyl groups is 2. The number of carbonyl (C=O) groups is 1. The zero-order valence-electron chi connectivity index (χ0n) is 40.0. The molecule has 0 aliphatic heterocycles. The van der Waals surface area contributed by atoms with Crippen LogP contribution in [0.2, 0.25) is 0 Å². The van der Waals surface area contributed by atoms with Crippen molar-refractivity contribution in [1.82, 2.24) is 5.32 Å². The van der Waals surface area contributed by atoms with Crippen molar-refractivity contribution in [2.75, 3.05) is 6.61 Å². The van der Waals surface area contributed by atoms with Gasteiger partial charge in [0.15, 0.2) is 0 Å². The van der Waals surface area contributed by atoms with Crippen molar-refractivity contribution in [3.05, 3.63) is 72.9 Å². The number of aliphatic hydroxyl groups excluding tert-OH is 2. The highest BCUT2D eigenvalue weighted by atomic mass is 16.3. The molecule has 0 fully saturated rings. The summed E-state index contributed by atoms with van der Waals surface area (Å²) in [5.41, 5.74) is 0. The standard InChI is InChI=1S/C56H101NO3/c1-3-5-7-9-11-13-15-17-19-20-21-22-23-24-25-26-27-28-29-30-31-32-33-34-35-36-38-40-42-44-46-48-50-52-56(60)57-54(53-58)55(59)51-49-47-45-43-41-39-37-18-16-14-12-10-8-6-4-2/h5,7,11,13,17,19,21-22,41,43,49,51,54-55,58-59H,3-4,6,8-10,12,14-16,18,20,23-40,42,44-48,50,52-53H2,1-2H3,(H,57,60)/b7-5-,13-11-,19-17-,22-21-,43-41+,51-49+. The highest BCUT2D eigenvalue weighted by Gasteiger charge is 2.17. The van der Waals surface area contributed by atoms with Crippen LogP contribution in [-0.4, -0.2) is 34.9 Å². The van der Waals surface area contributed by atoms with Crippen LogP contribution in [0.15, 0.2) is 72.9 Å². The average molecular weight is 836 g/mol. The molecular formula is C56H101NO3. The fourth-order valence-corrected chi connectivity index (χ4v) is 7.72. The third kappa shape index (κ3) is 46.9. The molecular weight excluding hydrogens is 735 g/mol. The van der Waals surface area contributed by atoms with Crippen molar-refractivity contribution in [2.24, 2.45) is 0 Å². The van der Waals surface area contributed by atoms with Gasteiger partial charge in [-0.15, -0.1) is 0 Å². The minimum Gasteiger partial charge on any atom is -0.394 e. The molecule has 0 saturated heterocycles. The van der Waals surface area contributed by atoms with Crippen LogP contribution in [-0.2, 0) is 4.79 Å². The maximum atomic E-state index is 12.4. The van der Waals surface area contributed by atoms with Gasteiger partial charge >= 0.3 is 0 Å². The number of nitrogens with one attached hydrogen (secondary N) is 1. The van der Waals surface area contributed by atoms with Crippen LogP contribution < -0.4 is 5.32 Å². The zero-order valence-corrected chi connectivity index (χ0v) is 40.0. The predicted molar refractivity (Wildman–Crippen MR) is 267 cm³/mol. The Balaban J connectivity index is 3.48. The highest BCUT2D eigenvalue weighted by Crippen LogP contribution is 2.16. The highest BCUT2D eigenvalue weighted by molar-refractivity contribution is 5.76. The van der Waals surface area contributed by atoms with Crippen molar-refractivity contribution in [3.8, 4) is 0 Å². The van der Waals surface area contributed by atoms with Gasteiger partial charge in [-0.05, 0) is 70.6 Å². The van der Waals surface area contributed by atoms with E-state index in [-0.39, 0.29) is 12.5 Å². The summed E-state index contributed by atoms with van der Waals surface area (Å²) in [5.74, 6) is -0.0729. The summed E-state index contributed by atoms with van der Waals surface area (Å²) in [4.78, 5) is 12.4. The number of unbranched alkanes of at least 4 members (excludes halogenated alkanes) is 30. The molecule has 0 aliphatic carbocycles. The van der Waals surface area contributed by atoms with E-state index in [9.17, 15) is 15.0 Å². The molecule has 0 aromatic carbocycles. The largest absolute Gasteiger partial charge is 0.394 e. The second-order valence-electron chi connectivity index (χ2n) is 17.6. The lowest BCUT2D eigenvalue weighted by Gasteiger charge is -2.19. The van der Waals surface area contributed by atoms with Crippen molar-refractivity contribution < 1.29 is 15.0 Å². The second-order valence-corrected chi connectivity index (χ2v) is 17.6. The van der Waals surface area contributed by atoms with E-state index in [0.29, 0.717) is 6.42 Å². The molecule has 0 rings (SSSR count). The number of allylic oxidation sites excluding steroid dienone is 11. The van der Waals surface area contributed by atoms with E-state index >= 15 is 0 Å². The van der Waals surface area contributed by atoms with E-state index in [0.717, 1.165) is 57.8 Å². The summed E-state index contributed by atoms with van der Waals surface area (Å²) in [6.07, 6.45) is 73.4. The van der Waals surface area contributed by atoms with Crippen molar-refractivity contribution in [1.29, 1.82) is 0 Å². The molecule has 1 amide bonds. The summed E-state index contributed by atoms with van der Waals surface area (Å²) >= 11 is 0. The molecule has 0 bridgehead atoms. The lowest BCUT2D eigenvalue weighted by Crippen LogP contribution is -2.45. The van der Waals surface area contributed by atoms with Crippen LogP contribution in [0.4, 0.5) is 0 Å². The Bertz CT molecular complexity index is 1040. The summed E-state index contributed by atoms with van der Waals surface area (Å²) in [6, 6.07) is -0.639. The number of amides is 1. The van der Waals surface area contributed by atoms with Crippen LogP contribution in [0.25, 0.3) is 0 Å². The van der Waals surface area contributed by atoms with Gasteiger partial charge in [-0.25, -0.2) is 0 Å². The molecule has 60 heavy (non-hydrogen) atoms. The first kappa shape index (κ1) is 57.8. The van der Waals surface area contributed by atoms with E-state index in [1.165, 1.54) is 180 Å². The maximum absolute atomic E-state index is 12.4. The topological polar surface area (TPSA) is 69.6 Å². The lowest BCUT2D eigenvalue weighted by atomic mass is 10.0. The van der Waals surface area contributed by atoms with Gasteiger partial charge in [-0.1, -0.05) is 254 Å². The van der Waals surface area contributed by atoms with E-state index in [1.807, 2.05) is 6.08 Å². The van der Waals surface area contributed by atoms with Crippen LogP contribution in [0, 0.1) is 0 Å². The number of rotatable bonds is 47. The summed E-state index contributed by atoms with van der Waals surface area (Å²) in [5, 5.41) is 23.0. The molecule has 0 spiro atoms. The maximum Gasteiger partial charge on any atom is 0.220 e. The van der Waals surface area contributed by atoms with Crippen LogP contribution in [0.5, 0.6) is 0 Å². The zero-order chi connectivity index (χ0) is 43.5. The molecule has 348 valence electrons. The minimum atomic E-state index is -0.862. The summed E-state index contributed by atoms with van der Waals surface area (Å²) in [7, 11) is 0. The Labute approximate surface area is 374 Å². The molecule has 0 saturated carbocycles. The van der Waals surface area contributed by atoms with Gasteiger partial charge in [0.1, 0.15) is 0 Å². The van der Waals surface area contributed by atoms with E-state index in [2.05, 4.69) is 79.9 Å².